The quantitative estimate of drug-likeness (QED) is 0.889. The lowest BCUT2D eigenvalue weighted by atomic mass is 10.1. The number of aromatic nitrogens is 2. The Labute approximate surface area is 110 Å². The van der Waals surface area contributed by atoms with Crippen LogP contribution >= 0.6 is 0 Å². The van der Waals surface area contributed by atoms with Gasteiger partial charge in [-0.2, -0.15) is 0 Å². The molecule has 0 fully saturated rings. The minimum absolute atomic E-state index is 0.114. The molecule has 0 aliphatic carbocycles. The van der Waals surface area contributed by atoms with E-state index in [9.17, 15) is 4.79 Å². The molecule has 5 heteroatoms. The van der Waals surface area contributed by atoms with E-state index < -0.39 is 5.97 Å². The average Bonchev–Trinajstić information content (AvgIpc) is 2.39. The van der Waals surface area contributed by atoms with Crippen LogP contribution in [0.5, 0.6) is 5.88 Å². The molecule has 0 bridgehead atoms. The molecule has 0 saturated carbocycles. The highest BCUT2D eigenvalue weighted by atomic mass is 16.5. The SMILES string of the molecule is Cc1ccnc(OCCc2ccccn2)c1C(=O)O. The molecule has 2 rings (SSSR count). The lowest BCUT2D eigenvalue weighted by molar-refractivity contribution is 0.0690. The second-order valence-electron chi connectivity index (χ2n) is 4.03. The molecular weight excluding hydrogens is 244 g/mol. The van der Waals surface area contributed by atoms with Gasteiger partial charge in [0.25, 0.3) is 0 Å². The third kappa shape index (κ3) is 3.28. The van der Waals surface area contributed by atoms with Gasteiger partial charge in [0.2, 0.25) is 5.88 Å². The zero-order chi connectivity index (χ0) is 13.7. The van der Waals surface area contributed by atoms with Crippen LogP contribution in [-0.2, 0) is 6.42 Å². The number of pyridine rings is 2. The number of carboxylic acid groups (broad SMARTS) is 1. The Morgan fingerprint density at radius 2 is 2.11 bits per heavy atom. The zero-order valence-corrected chi connectivity index (χ0v) is 10.5. The maximum atomic E-state index is 11.1. The van der Waals surface area contributed by atoms with Crippen LogP contribution < -0.4 is 4.74 Å². The first-order valence-corrected chi connectivity index (χ1v) is 5.90. The molecule has 0 amide bonds. The number of carbonyl (C=O) groups is 1. The predicted octanol–water partition coefficient (Wildman–Crippen LogP) is 2.10. The molecule has 1 N–H and O–H groups in total. The average molecular weight is 258 g/mol. The van der Waals surface area contributed by atoms with E-state index >= 15 is 0 Å². The molecule has 0 saturated heterocycles. The molecule has 0 unspecified atom stereocenters. The van der Waals surface area contributed by atoms with Crippen molar-refractivity contribution in [3.8, 4) is 5.88 Å². The van der Waals surface area contributed by atoms with Crippen molar-refractivity contribution in [1.29, 1.82) is 0 Å². The summed E-state index contributed by atoms with van der Waals surface area (Å²) in [6.45, 7) is 2.06. The second kappa shape index (κ2) is 5.95. The lowest BCUT2D eigenvalue weighted by Crippen LogP contribution is -2.09. The first kappa shape index (κ1) is 13.0. The maximum Gasteiger partial charge on any atom is 0.341 e. The zero-order valence-electron chi connectivity index (χ0n) is 10.5. The summed E-state index contributed by atoms with van der Waals surface area (Å²) in [6, 6.07) is 7.28. The van der Waals surface area contributed by atoms with Crippen molar-refractivity contribution in [2.24, 2.45) is 0 Å². The third-order valence-electron chi connectivity index (χ3n) is 2.66. The van der Waals surface area contributed by atoms with E-state index in [1.165, 1.54) is 6.20 Å². The van der Waals surface area contributed by atoms with Crippen LogP contribution in [0.25, 0.3) is 0 Å². The van der Waals surface area contributed by atoms with Gasteiger partial charge in [0, 0.05) is 24.5 Å². The van der Waals surface area contributed by atoms with Gasteiger partial charge in [-0.25, -0.2) is 9.78 Å². The Hall–Kier alpha value is -2.43. The molecule has 0 spiro atoms. The van der Waals surface area contributed by atoms with Gasteiger partial charge in [-0.1, -0.05) is 6.07 Å². The monoisotopic (exact) mass is 258 g/mol. The minimum atomic E-state index is -1.03. The van der Waals surface area contributed by atoms with E-state index in [0.717, 1.165) is 5.69 Å². The smallest absolute Gasteiger partial charge is 0.341 e. The molecule has 0 aliphatic heterocycles. The van der Waals surface area contributed by atoms with Gasteiger partial charge in [-0.3, -0.25) is 4.98 Å². The Kier molecular flexibility index (Phi) is 4.07. The molecule has 0 aliphatic rings. The molecule has 2 aromatic heterocycles. The van der Waals surface area contributed by atoms with Crippen LogP contribution in [0.4, 0.5) is 0 Å². The molecule has 0 atom stereocenters. The van der Waals surface area contributed by atoms with Gasteiger partial charge in [0.15, 0.2) is 0 Å². The predicted molar refractivity (Wildman–Crippen MR) is 69.4 cm³/mol. The third-order valence-corrected chi connectivity index (χ3v) is 2.66. The summed E-state index contributed by atoms with van der Waals surface area (Å²) in [7, 11) is 0. The number of ether oxygens (including phenoxy) is 1. The van der Waals surface area contributed by atoms with Crippen molar-refractivity contribution in [1.82, 2.24) is 9.97 Å². The van der Waals surface area contributed by atoms with Gasteiger partial charge >= 0.3 is 5.97 Å². The van der Waals surface area contributed by atoms with Crippen LogP contribution in [0.1, 0.15) is 21.6 Å². The fourth-order valence-electron chi connectivity index (χ4n) is 1.70. The van der Waals surface area contributed by atoms with Gasteiger partial charge in [0.1, 0.15) is 5.56 Å². The van der Waals surface area contributed by atoms with E-state index in [4.69, 9.17) is 9.84 Å². The Bertz CT molecular complexity index is 570. The molecular formula is C14H14N2O3. The maximum absolute atomic E-state index is 11.1. The molecule has 2 heterocycles. The van der Waals surface area contributed by atoms with E-state index in [1.54, 1.807) is 19.2 Å². The summed E-state index contributed by atoms with van der Waals surface area (Å²) in [5, 5.41) is 9.13. The highest BCUT2D eigenvalue weighted by Gasteiger charge is 2.15. The highest BCUT2D eigenvalue weighted by molar-refractivity contribution is 5.91. The summed E-state index contributed by atoms with van der Waals surface area (Å²) in [5.41, 5.74) is 1.64. The topological polar surface area (TPSA) is 72.3 Å². The fraction of sp³-hybridized carbons (Fsp3) is 0.214. The van der Waals surface area contributed by atoms with E-state index in [0.29, 0.717) is 18.6 Å². The molecule has 19 heavy (non-hydrogen) atoms. The molecule has 0 radical (unpaired) electrons. The van der Waals surface area contributed by atoms with Crippen molar-refractivity contribution in [3.63, 3.8) is 0 Å². The Morgan fingerprint density at radius 1 is 1.26 bits per heavy atom. The highest BCUT2D eigenvalue weighted by Crippen LogP contribution is 2.18. The van der Waals surface area contributed by atoms with Crippen LogP contribution in [-0.4, -0.2) is 27.7 Å². The van der Waals surface area contributed by atoms with Crippen molar-refractivity contribution >= 4 is 5.97 Å². The number of aryl methyl sites for hydroxylation is 1. The first-order chi connectivity index (χ1) is 9.18. The summed E-state index contributed by atoms with van der Waals surface area (Å²) >= 11 is 0. The number of nitrogens with zero attached hydrogens (tertiary/aromatic N) is 2. The van der Waals surface area contributed by atoms with Crippen molar-refractivity contribution in [3.05, 3.63) is 53.5 Å². The lowest BCUT2D eigenvalue weighted by Gasteiger charge is -2.09. The van der Waals surface area contributed by atoms with Crippen molar-refractivity contribution in [2.75, 3.05) is 6.61 Å². The Morgan fingerprint density at radius 3 is 2.79 bits per heavy atom. The molecule has 5 nitrogen and oxygen atoms in total. The van der Waals surface area contributed by atoms with Crippen molar-refractivity contribution < 1.29 is 14.6 Å². The summed E-state index contributed by atoms with van der Waals surface area (Å²) in [6.07, 6.45) is 3.86. The Balaban J connectivity index is 2.04. The number of aromatic carboxylic acids is 1. The van der Waals surface area contributed by atoms with Crippen LogP contribution in [0.3, 0.4) is 0 Å². The standard InChI is InChI=1S/C14H14N2O3/c1-10-5-8-16-13(12(10)14(17)18)19-9-6-11-4-2-3-7-15-11/h2-5,7-8H,6,9H2,1H3,(H,17,18). The van der Waals surface area contributed by atoms with Gasteiger partial charge < -0.3 is 9.84 Å². The van der Waals surface area contributed by atoms with Gasteiger partial charge in [-0.05, 0) is 30.7 Å². The van der Waals surface area contributed by atoms with Gasteiger partial charge in [0.05, 0.1) is 6.61 Å². The first-order valence-electron chi connectivity index (χ1n) is 5.90. The molecule has 0 aromatic carbocycles. The van der Waals surface area contributed by atoms with Crippen LogP contribution in [0.2, 0.25) is 0 Å². The summed E-state index contributed by atoms with van der Waals surface area (Å²) in [4.78, 5) is 19.3. The van der Waals surface area contributed by atoms with Gasteiger partial charge in [-0.15, -0.1) is 0 Å². The fourth-order valence-corrected chi connectivity index (χ4v) is 1.70. The number of hydrogen-bond donors (Lipinski definition) is 1. The second-order valence-corrected chi connectivity index (χ2v) is 4.03. The minimum Gasteiger partial charge on any atom is -0.477 e. The molecule has 2 aromatic rings. The van der Waals surface area contributed by atoms with Crippen LogP contribution in [0, 0.1) is 6.92 Å². The largest absolute Gasteiger partial charge is 0.477 e. The summed E-state index contributed by atoms with van der Waals surface area (Å²) < 4.78 is 5.45. The van der Waals surface area contributed by atoms with Crippen LogP contribution in [0.15, 0.2) is 36.7 Å². The van der Waals surface area contributed by atoms with E-state index in [1.807, 2.05) is 18.2 Å². The summed E-state index contributed by atoms with van der Waals surface area (Å²) in [5.74, 6) is -0.873. The number of rotatable bonds is 5. The number of hydrogen-bond acceptors (Lipinski definition) is 4. The van der Waals surface area contributed by atoms with E-state index in [-0.39, 0.29) is 11.4 Å². The van der Waals surface area contributed by atoms with E-state index in [2.05, 4.69) is 9.97 Å². The molecule has 98 valence electrons. The number of carboxylic acids is 1. The normalized spacial score (nSPS) is 10.2. The van der Waals surface area contributed by atoms with Crippen molar-refractivity contribution in [2.45, 2.75) is 13.3 Å².